The summed E-state index contributed by atoms with van der Waals surface area (Å²) in [6, 6.07) is 7.95. The summed E-state index contributed by atoms with van der Waals surface area (Å²) in [4.78, 5) is 11.3. The summed E-state index contributed by atoms with van der Waals surface area (Å²) < 4.78 is 0. The molecule has 0 bridgehead atoms. The van der Waals surface area contributed by atoms with Crippen molar-refractivity contribution in [2.24, 2.45) is 10.2 Å². The Labute approximate surface area is 141 Å². The quantitative estimate of drug-likeness (QED) is 0.432. The smallest absolute Gasteiger partial charge is 0.159 e. The summed E-state index contributed by atoms with van der Waals surface area (Å²) in [5.74, 6) is -0.142. The molecule has 0 saturated heterocycles. The molecule has 2 aromatic carbocycles. The average molecular weight is 362 g/mol. The lowest BCUT2D eigenvalue weighted by Gasteiger charge is -2.04. The third-order valence-corrected chi connectivity index (χ3v) is 3.80. The molecule has 0 amide bonds. The molecule has 0 spiro atoms. The first-order valence-electron chi connectivity index (χ1n) is 5.76. The molecule has 0 aliphatic rings. The number of hydrogen-bond acceptors (Lipinski definition) is 3. The normalized spacial score (nSPS) is 11.1. The number of azo groups is 1. The molecular weight excluding hydrogens is 354 g/mol. The summed E-state index contributed by atoms with van der Waals surface area (Å²) in [6.45, 7) is 1.42. The third kappa shape index (κ3) is 3.74. The molecule has 21 heavy (non-hydrogen) atoms. The van der Waals surface area contributed by atoms with Crippen LogP contribution in [0, 0.1) is 0 Å². The molecule has 7 heteroatoms. The van der Waals surface area contributed by atoms with Crippen molar-refractivity contribution in [3.8, 4) is 0 Å². The Hall–Kier alpha value is -1.13. The Balaban J connectivity index is 2.45. The van der Waals surface area contributed by atoms with Gasteiger partial charge in [-0.15, -0.1) is 10.2 Å². The number of Topliss-reactive ketones (excluding diaryl/α,β-unsaturated/α-hetero) is 1. The van der Waals surface area contributed by atoms with Crippen LogP contribution in [0.2, 0.25) is 20.1 Å². The summed E-state index contributed by atoms with van der Waals surface area (Å²) >= 11 is 24.1. The lowest BCUT2D eigenvalue weighted by molar-refractivity contribution is 0.101. The van der Waals surface area contributed by atoms with Crippen LogP contribution in [0.4, 0.5) is 11.4 Å². The van der Waals surface area contributed by atoms with Crippen molar-refractivity contribution in [1.82, 2.24) is 0 Å². The molecule has 0 atom stereocenters. The minimum absolute atomic E-state index is 0.142. The van der Waals surface area contributed by atoms with Gasteiger partial charge in [0, 0.05) is 5.56 Å². The Bertz CT molecular complexity index is 700. The summed E-state index contributed by atoms with van der Waals surface area (Å²) in [5.41, 5.74) is 0.975. The first-order valence-corrected chi connectivity index (χ1v) is 7.27. The standard InChI is InChI=1S/C14H8Cl4N2O/c1-7(21)8-5-11(17)14(12(18)6-8)20-19-13-9(15)3-2-4-10(13)16/h2-6H,1H3. The second-order valence-corrected chi connectivity index (χ2v) is 5.74. The molecule has 0 unspecified atom stereocenters. The van der Waals surface area contributed by atoms with E-state index in [1.54, 1.807) is 18.2 Å². The van der Waals surface area contributed by atoms with Gasteiger partial charge in [-0.2, -0.15) is 0 Å². The molecule has 2 aromatic rings. The van der Waals surface area contributed by atoms with E-state index >= 15 is 0 Å². The molecule has 0 saturated carbocycles. The van der Waals surface area contributed by atoms with Gasteiger partial charge in [0.2, 0.25) is 0 Å². The fourth-order valence-electron chi connectivity index (χ4n) is 1.55. The lowest BCUT2D eigenvalue weighted by Crippen LogP contribution is -1.91. The van der Waals surface area contributed by atoms with Crippen LogP contribution >= 0.6 is 46.4 Å². The third-order valence-electron chi connectivity index (χ3n) is 2.61. The van der Waals surface area contributed by atoms with Crippen LogP contribution in [0.5, 0.6) is 0 Å². The molecular formula is C14H8Cl4N2O. The van der Waals surface area contributed by atoms with Crippen molar-refractivity contribution >= 4 is 63.6 Å². The number of rotatable bonds is 3. The Morgan fingerprint density at radius 3 is 1.71 bits per heavy atom. The monoisotopic (exact) mass is 360 g/mol. The van der Waals surface area contributed by atoms with Crippen LogP contribution < -0.4 is 0 Å². The van der Waals surface area contributed by atoms with Gasteiger partial charge in [-0.3, -0.25) is 4.79 Å². The number of hydrogen-bond donors (Lipinski definition) is 0. The van der Waals surface area contributed by atoms with Crippen LogP contribution in [0.25, 0.3) is 0 Å². The number of ketones is 1. The van der Waals surface area contributed by atoms with Crippen molar-refractivity contribution < 1.29 is 4.79 Å². The van der Waals surface area contributed by atoms with Gasteiger partial charge in [-0.25, -0.2) is 0 Å². The maximum absolute atomic E-state index is 11.3. The summed E-state index contributed by atoms with van der Waals surface area (Å²) in [6.07, 6.45) is 0. The van der Waals surface area contributed by atoms with Gasteiger partial charge in [0.05, 0.1) is 20.1 Å². The van der Waals surface area contributed by atoms with E-state index < -0.39 is 0 Å². The fourth-order valence-corrected chi connectivity index (χ4v) is 2.58. The van der Waals surface area contributed by atoms with Crippen molar-refractivity contribution in [2.75, 3.05) is 0 Å². The predicted molar refractivity (Wildman–Crippen MR) is 87.1 cm³/mol. The first-order chi connectivity index (χ1) is 9.90. The van der Waals surface area contributed by atoms with Crippen molar-refractivity contribution in [2.45, 2.75) is 6.92 Å². The number of carbonyl (C=O) groups is 1. The van der Waals surface area contributed by atoms with Gasteiger partial charge in [0.25, 0.3) is 0 Å². The van der Waals surface area contributed by atoms with Gasteiger partial charge in [-0.1, -0.05) is 52.5 Å². The molecule has 0 heterocycles. The van der Waals surface area contributed by atoms with E-state index in [0.717, 1.165) is 0 Å². The van der Waals surface area contributed by atoms with Crippen LogP contribution in [0.15, 0.2) is 40.6 Å². The second kappa shape index (κ2) is 6.75. The molecule has 3 nitrogen and oxygen atoms in total. The van der Waals surface area contributed by atoms with Crippen LogP contribution in [-0.2, 0) is 0 Å². The number of benzene rings is 2. The van der Waals surface area contributed by atoms with Crippen LogP contribution in [0.3, 0.4) is 0 Å². The average Bonchev–Trinajstić information content (AvgIpc) is 2.40. The van der Waals surface area contributed by atoms with Crippen LogP contribution in [-0.4, -0.2) is 5.78 Å². The van der Waals surface area contributed by atoms with Crippen molar-refractivity contribution in [1.29, 1.82) is 0 Å². The van der Waals surface area contributed by atoms with Crippen molar-refractivity contribution in [3.05, 3.63) is 56.0 Å². The van der Waals surface area contributed by atoms with Gasteiger partial charge in [-0.05, 0) is 31.2 Å². The Morgan fingerprint density at radius 2 is 1.29 bits per heavy atom. The largest absolute Gasteiger partial charge is 0.295 e. The molecule has 2 rings (SSSR count). The number of halogens is 4. The van der Waals surface area contributed by atoms with E-state index in [1.807, 2.05) is 0 Å². The van der Waals surface area contributed by atoms with Gasteiger partial charge < -0.3 is 0 Å². The summed E-state index contributed by atoms with van der Waals surface area (Å²) in [7, 11) is 0. The SMILES string of the molecule is CC(=O)c1cc(Cl)c(N=Nc2c(Cl)cccc2Cl)c(Cl)c1. The molecule has 0 fully saturated rings. The highest BCUT2D eigenvalue weighted by molar-refractivity contribution is 6.39. The molecule has 0 N–H and O–H groups in total. The minimum atomic E-state index is -0.142. The van der Waals surface area contributed by atoms with E-state index in [0.29, 0.717) is 21.3 Å². The van der Waals surface area contributed by atoms with E-state index in [2.05, 4.69) is 10.2 Å². The van der Waals surface area contributed by atoms with E-state index in [4.69, 9.17) is 46.4 Å². The van der Waals surface area contributed by atoms with Gasteiger partial charge in [0.15, 0.2) is 5.78 Å². The van der Waals surface area contributed by atoms with Crippen LogP contribution in [0.1, 0.15) is 17.3 Å². The highest BCUT2D eigenvalue weighted by Gasteiger charge is 2.11. The first kappa shape index (κ1) is 16.2. The number of nitrogens with zero attached hydrogens (tertiary/aromatic N) is 2. The molecule has 0 radical (unpaired) electrons. The summed E-state index contributed by atoms with van der Waals surface area (Å²) in [5, 5.41) is 9.12. The lowest BCUT2D eigenvalue weighted by atomic mass is 10.1. The zero-order valence-electron chi connectivity index (χ0n) is 10.7. The fraction of sp³-hybridized carbons (Fsp3) is 0.0714. The minimum Gasteiger partial charge on any atom is -0.295 e. The molecule has 0 aromatic heterocycles. The molecule has 0 aliphatic carbocycles. The highest BCUT2D eigenvalue weighted by Crippen LogP contribution is 2.38. The van der Waals surface area contributed by atoms with E-state index in [-0.39, 0.29) is 21.5 Å². The Morgan fingerprint density at radius 1 is 0.857 bits per heavy atom. The predicted octanol–water partition coefficient (Wildman–Crippen LogP) is 6.92. The second-order valence-electron chi connectivity index (χ2n) is 4.11. The van der Waals surface area contributed by atoms with Crippen molar-refractivity contribution in [3.63, 3.8) is 0 Å². The molecule has 108 valence electrons. The Kier molecular flexibility index (Phi) is 5.22. The highest BCUT2D eigenvalue weighted by atomic mass is 35.5. The van der Waals surface area contributed by atoms with Gasteiger partial charge >= 0.3 is 0 Å². The van der Waals surface area contributed by atoms with E-state index in [9.17, 15) is 4.79 Å². The van der Waals surface area contributed by atoms with E-state index in [1.165, 1.54) is 19.1 Å². The maximum atomic E-state index is 11.3. The van der Waals surface area contributed by atoms with Gasteiger partial charge in [0.1, 0.15) is 11.4 Å². The molecule has 0 aliphatic heterocycles. The zero-order chi connectivity index (χ0) is 15.6. The zero-order valence-corrected chi connectivity index (χ0v) is 13.7. The number of carbonyl (C=O) groups excluding carboxylic acids is 1. The maximum Gasteiger partial charge on any atom is 0.159 e. The topological polar surface area (TPSA) is 41.8 Å².